The largest absolute Gasteiger partial charge is 0.394 e. The van der Waals surface area contributed by atoms with Crippen LogP contribution < -0.4 is 5.32 Å². The van der Waals surface area contributed by atoms with Crippen molar-refractivity contribution in [1.82, 2.24) is 5.32 Å². The van der Waals surface area contributed by atoms with E-state index in [0.717, 1.165) is 116 Å². The Morgan fingerprint density at radius 1 is 0.507 bits per heavy atom. The summed E-state index contributed by atoms with van der Waals surface area (Å²) in [5.74, 6) is -0.248. The second-order valence-corrected chi connectivity index (χ2v) is 18.6. The van der Waals surface area contributed by atoms with Gasteiger partial charge in [-0.15, -0.1) is 0 Å². The number of amides is 1. The van der Waals surface area contributed by atoms with Crippen LogP contribution in [0.3, 0.4) is 0 Å². The van der Waals surface area contributed by atoms with Crippen LogP contribution in [0.15, 0.2) is 122 Å². The van der Waals surface area contributed by atoms with Crippen molar-refractivity contribution in [2.45, 2.75) is 222 Å². The summed E-state index contributed by atoms with van der Waals surface area (Å²) >= 11 is 0. The number of hydrogen-bond acceptors (Lipinski definition) is 13. The average Bonchev–Trinajstić information content (AvgIpc) is 3.39. The van der Waals surface area contributed by atoms with E-state index in [0.29, 0.717) is 12.8 Å². The van der Waals surface area contributed by atoms with E-state index in [-0.39, 0.29) is 18.9 Å². The number of allylic oxidation sites excluding steroid dienone is 20. The maximum Gasteiger partial charge on any atom is 0.220 e. The molecule has 2 fully saturated rings. The van der Waals surface area contributed by atoms with Gasteiger partial charge in [-0.25, -0.2) is 0 Å². The summed E-state index contributed by atoms with van der Waals surface area (Å²) < 4.78 is 22.6. The lowest BCUT2D eigenvalue weighted by molar-refractivity contribution is -0.359. The van der Waals surface area contributed by atoms with Gasteiger partial charge in [-0.05, 0) is 89.9 Å². The molecule has 0 aromatic heterocycles. The van der Waals surface area contributed by atoms with E-state index in [2.05, 4.69) is 141 Å². The van der Waals surface area contributed by atoms with E-state index >= 15 is 0 Å². The van der Waals surface area contributed by atoms with Crippen molar-refractivity contribution in [3.63, 3.8) is 0 Å². The molecular formula is C59H95NO13. The van der Waals surface area contributed by atoms with E-state index in [1.54, 1.807) is 0 Å². The molecule has 2 rings (SSSR count). The molecule has 0 aromatic rings. The minimum atomic E-state index is -1.79. The molecule has 0 bridgehead atoms. The van der Waals surface area contributed by atoms with Crippen molar-refractivity contribution >= 4 is 5.91 Å². The molecule has 0 radical (unpaired) electrons. The molecule has 9 N–H and O–H groups in total. The number of aliphatic hydroxyl groups excluding tert-OH is 8. The number of rotatable bonds is 40. The second-order valence-electron chi connectivity index (χ2n) is 18.6. The topological polar surface area (TPSA) is 228 Å². The van der Waals surface area contributed by atoms with Gasteiger partial charge in [0.2, 0.25) is 5.91 Å². The van der Waals surface area contributed by atoms with Gasteiger partial charge in [0.05, 0.1) is 32.0 Å². The van der Waals surface area contributed by atoms with Crippen molar-refractivity contribution in [3.8, 4) is 0 Å². The first-order valence-electron chi connectivity index (χ1n) is 27.3. The summed E-state index contributed by atoms with van der Waals surface area (Å²) in [5.41, 5.74) is 0. The zero-order chi connectivity index (χ0) is 53.2. The number of nitrogens with one attached hydrogen (secondary N) is 1. The Hall–Kier alpha value is -3.61. The molecule has 12 atom stereocenters. The molecular weight excluding hydrogens is 931 g/mol. The van der Waals surface area contributed by atoms with E-state index in [9.17, 15) is 45.6 Å². The lowest BCUT2D eigenvalue weighted by atomic mass is 9.97. The predicted octanol–water partition coefficient (Wildman–Crippen LogP) is 8.27. The SMILES string of the molecule is CC/C=C\C/C=C\C/C=C\C/C=C\C/C=C\C/C=C\C/C=C\C/C=C\C/C=C\C/C=C\CCCCCCC(=O)NC(COC1OC(CO)C(OC2OC(CO)C(O)C(O)C2O)C(O)C1O)C(O)CCCCCC. The van der Waals surface area contributed by atoms with Crippen LogP contribution in [0.1, 0.15) is 149 Å². The van der Waals surface area contributed by atoms with Gasteiger partial charge in [0, 0.05) is 6.42 Å². The highest BCUT2D eigenvalue weighted by molar-refractivity contribution is 5.76. The van der Waals surface area contributed by atoms with Crippen LogP contribution in [0, 0.1) is 0 Å². The Kier molecular flexibility index (Phi) is 39.1. The van der Waals surface area contributed by atoms with E-state index in [4.69, 9.17) is 18.9 Å². The van der Waals surface area contributed by atoms with Crippen LogP contribution in [0.25, 0.3) is 0 Å². The number of unbranched alkanes of at least 4 members (excludes halogenated alkanes) is 7. The summed E-state index contributed by atoms with van der Waals surface area (Å²) in [4.78, 5) is 13.1. The van der Waals surface area contributed by atoms with E-state index in [1.165, 1.54) is 0 Å². The first-order chi connectivity index (χ1) is 35.6. The summed E-state index contributed by atoms with van der Waals surface area (Å²) in [6, 6.07) is -0.847. The molecule has 2 saturated heterocycles. The first-order valence-corrected chi connectivity index (χ1v) is 27.3. The van der Waals surface area contributed by atoms with Crippen LogP contribution in [-0.4, -0.2) is 140 Å². The van der Waals surface area contributed by atoms with Gasteiger partial charge in [0.1, 0.15) is 48.8 Å². The number of ether oxygens (including phenoxy) is 4. The van der Waals surface area contributed by atoms with Crippen LogP contribution in [0.5, 0.6) is 0 Å². The average molecular weight is 1030 g/mol. The molecule has 73 heavy (non-hydrogen) atoms. The minimum absolute atomic E-state index is 0.248. The molecule has 12 unspecified atom stereocenters. The van der Waals surface area contributed by atoms with Crippen molar-refractivity contribution in [2.24, 2.45) is 0 Å². The van der Waals surface area contributed by atoms with Crippen LogP contribution in [0.4, 0.5) is 0 Å². The van der Waals surface area contributed by atoms with Crippen molar-refractivity contribution < 1.29 is 64.6 Å². The molecule has 0 aliphatic carbocycles. The lowest BCUT2D eigenvalue weighted by Gasteiger charge is -2.46. The maximum atomic E-state index is 13.1. The third kappa shape index (κ3) is 29.9. The molecule has 2 aliphatic heterocycles. The molecule has 0 spiro atoms. The second kappa shape index (κ2) is 43.6. The predicted molar refractivity (Wildman–Crippen MR) is 290 cm³/mol. The smallest absolute Gasteiger partial charge is 0.220 e. The molecule has 2 heterocycles. The zero-order valence-electron chi connectivity index (χ0n) is 44.1. The Morgan fingerprint density at radius 3 is 1.42 bits per heavy atom. The van der Waals surface area contributed by atoms with Gasteiger partial charge in [0.15, 0.2) is 12.6 Å². The Bertz CT molecular complexity index is 1680. The van der Waals surface area contributed by atoms with E-state index in [1.807, 2.05) is 0 Å². The highest BCUT2D eigenvalue weighted by atomic mass is 16.7. The summed E-state index contributed by atoms with van der Waals surface area (Å²) in [6.07, 6.45) is 45.9. The van der Waals surface area contributed by atoms with Crippen molar-refractivity contribution in [1.29, 1.82) is 0 Å². The fraction of sp³-hybridized carbons (Fsp3) is 0.644. The molecule has 0 aromatic carbocycles. The highest BCUT2D eigenvalue weighted by Crippen LogP contribution is 2.30. The molecule has 414 valence electrons. The van der Waals surface area contributed by atoms with Crippen LogP contribution >= 0.6 is 0 Å². The number of carbonyl (C=O) groups is 1. The number of hydrogen-bond donors (Lipinski definition) is 9. The summed E-state index contributed by atoms with van der Waals surface area (Å²) in [6.45, 7) is 2.55. The van der Waals surface area contributed by atoms with Crippen molar-refractivity contribution in [2.75, 3.05) is 19.8 Å². The Balaban J connectivity index is 1.60. The van der Waals surface area contributed by atoms with Gasteiger partial charge in [-0.2, -0.15) is 0 Å². The molecule has 1 amide bonds. The highest BCUT2D eigenvalue weighted by Gasteiger charge is 2.51. The van der Waals surface area contributed by atoms with E-state index < -0.39 is 86.8 Å². The lowest BCUT2D eigenvalue weighted by Crippen LogP contribution is -2.65. The van der Waals surface area contributed by atoms with Gasteiger partial charge in [-0.1, -0.05) is 174 Å². The van der Waals surface area contributed by atoms with Gasteiger partial charge < -0.3 is 65.1 Å². The minimum Gasteiger partial charge on any atom is -0.394 e. The molecule has 2 aliphatic rings. The van der Waals surface area contributed by atoms with Gasteiger partial charge >= 0.3 is 0 Å². The number of carbonyl (C=O) groups excluding carboxylic acids is 1. The van der Waals surface area contributed by atoms with Gasteiger partial charge in [0.25, 0.3) is 0 Å². The zero-order valence-corrected chi connectivity index (χ0v) is 44.1. The maximum absolute atomic E-state index is 13.1. The fourth-order valence-corrected chi connectivity index (χ4v) is 8.03. The Labute approximate surface area is 438 Å². The normalized spacial score (nSPS) is 26.4. The van der Waals surface area contributed by atoms with Crippen LogP contribution in [-0.2, 0) is 23.7 Å². The monoisotopic (exact) mass is 1030 g/mol. The third-order valence-corrected chi connectivity index (χ3v) is 12.4. The van der Waals surface area contributed by atoms with Gasteiger partial charge in [-0.3, -0.25) is 4.79 Å². The third-order valence-electron chi connectivity index (χ3n) is 12.4. The first kappa shape index (κ1) is 65.5. The standard InChI is InChI=1S/C59H95NO13/c1-3-5-7-9-10-11-12-13-14-15-16-17-18-19-20-21-22-23-24-25-26-27-28-29-30-31-32-33-34-35-36-37-38-39-41-43-51(64)60-47(48(63)42-40-8-6-4-2)46-70-58-56(69)54(67)57(50(45-62)72-58)73-59-55(68)53(66)52(65)49(44-61)71-59/h5,7,10-11,13-14,16-17,19-20,22-23,25-26,28-29,31-32,34-35,47-50,52-59,61-63,65-69H,3-4,6,8-9,12,15,18,21,24,27,30,33,36-46H2,1-2H3,(H,60,64)/b7-5-,11-10-,14-13-,17-16-,20-19-,23-22-,26-25-,29-28-,32-31-,35-34-. The van der Waals surface area contributed by atoms with Crippen molar-refractivity contribution in [3.05, 3.63) is 122 Å². The Morgan fingerprint density at radius 2 is 0.945 bits per heavy atom. The summed E-state index contributed by atoms with van der Waals surface area (Å²) in [7, 11) is 0. The van der Waals surface area contributed by atoms with Crippen LogP contribution in [0.2, 0.25) is 0 Å². The molecule has 14 heteroatoms. The summed E-state index contributed by atoms with van der Waals surface area (Å²) in [5, 5.41) is 86.2. The number of aliphatic hydroxyl groups is 8. The quantitative estimate of drug-likeness (QED) is 0.0208. The molecule has 14 nitrogen and oxygen atoms in total. The molecule has 0 saturated carbocycles. The fourth-order valence-electron chi connectivity index (χ4n) is 8.03.